The van der Waals surface area contributed by atoms with Crippen LogP contribution in [0.4, 0.5) is 5.69 Å². The van der Waals surface area contributed by atoms with Gasteiger partial charge < -0.3 is 14.5 Å². The van der Waals surface area contributed by atoms with Gasteiger partial charge in [-0.1, -0.05) is 11.6 Å². The molecule has 0 bridgehead atoms. The Morgan fingerprint density at radius 3 is 2.28 bits per heavy atom. The summed E-state index contributed by atoms with van der Waals surface area (Å²) in [5, 5.41) is 2.61. The van der Waals surface area contributed by atoms with Crippen LogP contribution in [-0.2, 0) is 14.6 Å². The van der Waals surface area contributed by atoms with Gasteiger partial charge in [-0.25, -0.2) is 13.2 Å². The van der Waals surface area contributed by atoms with Crippen molar-refractivity contribution < 1.29 is 27.2 Å². The van der Waals surface area contributed by atoms with Crippen molar-refractivity contribution in [3.8, 4) is 0 Å². The molecule has 0 unspecified atom stereocenters. The molecule has 3 rings (SSSR count). The highest BCUT2D eigenvalue weighted by molar-refractivity contribution is 7.91. The number of carbonyl (C=O) groups excluding carboxylic acids is 2. The largest absolute Gasteiger partial charge is 0.462 e. The fourth-order valence-electron chi connectivity index (χ4n) is 2.41. The van der Waals surface area contributed by atoms with Gasteiger partial charge in [0.15, 0.2) is 5.76 Å². The zero-order valence-corrected chi connectivity index (χ0v) is 16.8. The van der Waals surface area contributed by atoms with Crippen LogP contribution >= 0.6 is 11.6 Å². The van der Waals surface area contributed by atoms with E-state index >= 15 is 0 Å². The van der Waals surface area contributed by atoms with Crippen LogP contribution in [0.25, 0.3) is 0 Å². The molecule has 0 spiro atoms. The summed E-state index contributed by atoms with van der Waals surface area (Å²) in [6.45, 7) is 1.97. The Hall–Kier alpha value is -3.10. The average molecular weight is 434 g/mol. The first-order valence-electron chi connectivity index (χ1n) is 8.50. The molecule has 0 aliphatic heterocycles. The molecule has 1 aromatic heterocycles. The predicted octanol–water partition coefficient (Wildman–Crippen LogP) is 4.19. The highest BCUT2D eigenvalue weighted by atomic mass is 35.5. The Morgan fingerprint density at radius 1 is 1.00 bits per heavy atom. The van der Waals surface area contributed by atoms with Crippen molar-refractivity contribution in [1.29, 1.82) is 0 Å². The summed E-state index contributed by atoms with van der Waals surface area (Å²) in [4.78, 5) is 24.0. The van der Waals surface area contributed by atoms with Crippen LogP contribution in [0, 0.1) is 0 Å². The van der Waals surface area contributed by atoms with Crippen LogP contribution < -0.4 is 5.32 Å². The van der Waals surface area contributed by atoms with E-state index in [-0.39, 0.29) is 22.4 Å². The third-order valence-electron chi connectivity index (χ3n) is 3.85. The van der Waals surface area contributed by atoms with Crippen molar-refractivity contribution in [1.82, 2.24) is 0 Å². The van der Waals surface area contributed by atoms with Crippen molar-refractivity contribution in [2.24, 2.45) is 0 Å². The first kappa shape index (κ1) is 20.6. The van der Waals surface area contributed by atoms with Gasteiger partial charge in [0.25, 0.3) is 5.91 Å². The molecule has 1 N–H and O–H groups in total. The van der Waals surface area contributed by atoms with Crippen LogP contribution in [0.5, 0.6) is 0 Å². The topological polar surface area (TPSA) is 103 Å². The lowest BCUT2D eigenvalue weighted by Gasteiger charge is -2.05. The SMILES string of the molecule is CCOC(=O)c1ccc(NC(=O)c2ccc(S(=O)(=O)c3ccc(Cl)cc3)o2)cc1. The Kier molecular flexibility index (Phi) is 6.05. The molecular formula is C20H16ClNO6S. The van der Waals surface area contributed by atoms with Crippen LogP contribution in [-0.4, -0.2) is 26.9 Å². The fraction of sp³-hybridized carbons (Fsp3) is 0.100. The minimum absolute atomic E-state index is 0.00207. The lowest BCUT2D eigenvalue weighted by atomic mass is 10.2. The van der Waals surface area contributed by atoms with Crippen LogP contribution in [0.3, 0.4) is 0 Å². The first-order valence-corrected chi connectivity index (χ1v) is 10.4. The number of hydrogen-bond acceptors (Lipinski definition) is 6. The third kappa shape index (κ3) is 4.67. The van der Waals surface area contributed by atoms with Gasteiger partial charge >= 0.3 is 5.97 Å². The third-order valence-corrected chi connectivity index (χ3v) is 5.74. The highest BCUT2D eigenvalue weighted by Gasteiger charge is 2.23. The van der Waals surface area contributed by atoms with E-state index in [1.54, 1.807) is 6.92 Å². The number of esters is 1. The van der Waals surface area contributed by atoms with E-state index in [1.165, 1.54) is 60.7 Å². The predicted molar refractivity (Wildman–Crippen MR) is 106 cm³/mol. The van der Waals surface area contributed by atoms with Crippen molar-refractivity contribution in [3.05, 3.63) is 77.0 Å². The van der Waals surface area contributed by atoms with Crippen LogP contribution in [0.15, 0.2) is 75.1 Å². The molecular weight excluding hydrogens is 418 g/mol. The molecule has 7 nitrogen and oxygen atoms in total. The molecule has 0 fully saturated rings. The number of hydrogen-bond donors (Lipinski definition) is 1. The molecule has 150 valence electrons. The second-order valence-electron chi connectivity index (χ2n) is 5.83. The number of carbonyl (C=O) groups is 2. The molecule has 0 radical (unpaired) electrons. The van der Waals surface area contributed by atoms with E-state index < -0.39 is 21.7 Å². The molecule has 9 heteroatoms. The van der Waals surface area contributed by atoms with Crippen molar-refractivity contribution in [2.75, 3.05) is 11.9 Å². The molecule has 0 aliphatic rings. The van der Waals surface area contributed by atoms with E-state index in [2.05, 4.69) is 5.32 Å². The Labute approximate surface area is 172 Å². The van der Waals surface area contributed by atoms with Crippen LogP contribution in [0.1, 0.15) is 27.8 Å². The Balaban J connectivity index is 1.74. The lowest BCUT2D eigenvalue weighted by Crippen LogP contribution is -2.11. The summed E-state index contributed by atoms with van der Waals surface area (Å²) in [5.41, 5.74) is 0.751. The molecule has 29 heavy (non-hydrogen) atoms. The second kappa shape index (κ2) is 8.50. The Bertz CT molecular complexity index is 1130. The minimum atomic E-state index is -3.92. The number of ether oxygens (including phenoxy) is 1. The number of benzene rings is 2. The summed E-state index contributed by atoms with van der Waals surface area (Å²) in [7, 11) is -3.92. The number of sulfone groups is 1. The number of anilines is 1. The van der Waals surface area contributed by atoms with Gasteiger partial charge in [-0.15, -0.1) is 0 Å². The first-order chi connectivity index (χ1) is 13.8. The van der Waals surface area contributed by atoms with Gasteiger partial charge in [0.05, 0.1) is 17.1 Å². The number of furan rings is 1. The maximum atomic E-state index is 12.6. The van der Waals surface area contributed by atoms with Gasteiger partial charge in [0.1, 0.15) is 0 Å². The smallest absolute Gasteiger partial charge is 0.338 e. The molecule has 0 saturated heterocycles. The van der Waals surface area contributed by atoms with E-state index in [0.29, 0.717) is 16.3 Å². The highest BCUT2D eigenvalue weighted by Crippen LogP contribution is 2.24. The van der Waals surface area contributed by atoms with Gasteiger partial charge in [0.2, 0.25) is 14.9 Å². The maximum absolute atomic E-state index is 12.6. The standard InChI is InChI=1S/C20H16ClNO6S/c1-2-27-20(24)13-3-7-15(8-4-13)22-19(23)17-11-12-18(28-17)29(25,26)16-9-5-14(21)6-10-16/h3-12H,2H2,1H3,(H,22,23). The van der Waals surface area contributed by atoms with Crippen molar-refractivity contribution in [2.45, 2.75) is 16.9 Å². The molecule has 0 saturated carbocycles. The zero-order valence-electron chi connectivity index (χ0n) is 15.2. The summed E-state index contributed by atoms with van der Waals surface area (Å²) >= 11 is 5.78. The Morgan fingerprint density at radius 2 is 1.66 bits per heavy atom. The molecule has 2 aromatic carbocycles. The van der Waals surface area contributed by atoms with E-state index in [0.717, 1.165) is 0 Å². The molecule has 1 amide bonds. The number of rotatable bonds is 6. The summed E-state index contributed by atoms with van der Waals surface area (Å²) in [6.07, 6.45) is 0. The van der Waals surface area contributed by atoms with E-state index in [1.807, 2.05) is 0 Å². The summed E-state index contributed by atoms with van der Waals surface area (Å²) in [5.74, 6) is -1.27. The van der Waals surface area contributed by atoms with Gasteiger partial charge in [-0.2, -0.15) is 0 Å². The minimum Gasteiger partial charge on any atom is -0.462 e. The maximum Gasteiger partial charge on any atom is 0.338 e. The average Bonchev–Trinajstić information content (AvgIpc) is 3.20. The molecule has 0 atom stereocenters. The lowest BCUT2D eigenvalue weighted by molar-refractivity contribution is 0.0526. The molecule has 1 heterocycles. The fourth-order valence-corrected chi connectivity index (χ4v) is 3.71. The summed E-state index contributed by atoms with van der Waals surface area (Å²) < 4.78 is 35.3. The molecule has 0 aliphatic carbocycles. The van der Waals surface area contributed by atoms with Crippen LogP contribution in [0.2, 0.25) is 5.02 Å². The van der Waals surface area contributed by atoms with E-state index in [9.17, 15) is 18.0 Å². The normalized spacial score (nSPS) is 11.1. The number of nitrogens with one attached hydrogen (secondary N) is 1. The second-order valence-corrected chi connectivity index (χ2v) is 8.15. The monoisotopic (exact) mass is 433 g/mol. The molecule has 3 aromatic rings. The number of halogens is 1. The van der Waals surface area contributed by atoms with E-state index in [4.69, 9.17) is 20.8 Å². The summed E-state index contributed by atoms with van der Waals surface area (Å²) in [6, 6.07) is 14.1. The van der Waals surface area contributed by atoms with Gasteiger partial charge in [-0.3, -0.25) is 4.79 Å². The zero-order chi connectivity index (χ0) is 21.0. The number of amides is 1. The quantitative estimate of drug-likeness (QED) is 0.584. The van der Waals surface area contributed by atoms with Crippen molar-refractivity contribution >= 4 is 39.0 Å². The van der Waals surface area contributed by atoms with Gasteiger partial charge in [0, 0.05) is 10.7 Å². The van der Waals surface area contributed by atoms with Crippen molar-refractivity contribution in [3.63, 3.8) is 0 Å². The van der Waals surface area contributed by atoms with Gasteiger partial charge in [-0.05, 0) is 67.6 Å².